The molecule has 1 fully saturated rings. The van der Waals surface area contributed by atoms with Crippen molar-refractivity contribution >= 4 is 12.6 Å². The van der Waals surface area contributed by atoms with Gasteiger partial charge in [-0.3, -0.25) is 0 Å². The van der Waals surface area contributed by atoms with Crippen molar-refractivity contribution in [2.45, 2.75) is 91.3 Å². The molecule has 0 spiro atoms. The van der Waals surface area contributed by atoms with Gasteiger partial charge in [0, 0.05) is 33.3 Å². The van der Waals surface area contributed by atoms with Crippen LogP contribution >= 0.6 is 0 Å². The van der Waals surface area contributed by atoms with Crippen molar-refractivity contribution in [2.75, 3.05) is 0 Å². The number of nitrogens with zero attached hydrogens (tertiary/aromatic N) is 4. The van der Waals surface area contributed by atoms with Crippen LogP contribution in [0, 0.1) is 0 Å². The van der Waals surface area contributed by atoms with Crippen molar-refractivity contribution in [3.63, 3.8) is 0 Å². The Labute approximate surface area is 350 Å². The highest BCUT2D eigenvalue weighted by Crippen LogP contribution is 2.41. The molecule has 8 rings (SSSR count). The molecule has 6 nitrogen and oxygen atoms in total. The second kappa shape index (κ2) is 15.1. The second-order valence-corrected chi connectivity index (χ2v) is 18.8. The standard InChI is InChI=1S/C52H53BN4O2/c1-49(2,3)47-30-45(54-32-56-47)36-23-19-34(20-24-36)41-15-11-13-17-43(41)38-27-39(29-40(28-38)53-58-51(7,8)52(9,10)59-53)44-18-14-12-16-42(44)35-21-25-37(26-22-35)46-31-48(50(4,5)6)57-33-55-46/h11-33H,1-10H3. The van der Waals surface area contributed by atoms with E-state index >= 15 is 0 Å². The van der Waals surface area contributed by atoms with E-state index in [4.69, 9.17) is 9.31 Å². The molecule has 0 N–H and O–H groups in total. The van der Waals surface area contributed by atoms with Crippen LogP contribution in [0.5, 0.6) is 0 Å². The first-order chi connectivity index (χ1) is 28.0. The van der Waals surface area contributed by atoms with Gasteiger partial charge in [-0.25, -0.2) is 19.9 Å². The number of benzene rings is 5. The van der Waals surface area contributed by atoms with Crippen molar-refractivity contribution in [3.8, 4) is 67.0 Å². The molecule has 3 heterocycles. The Morgan fingerprint density at radius 1 is 0.407 bits per heavy atom. The van der Waals surface area contributed by atoms with Gasteiger partial charge in [0.25, 0.3) is 0 Å². The average Bonchev–Trinajstić information content (AvgIpc) is 3.46. The minimum Gasteiger partial charge on any atom is -0.399 e. The SMILES string of the molecule is CC(C)(C)c1cc(-c2ccc(-c3ccccc3-c3cc(B4OC(C)(C)C(C)(C)O4)cc(-c4ccccc4-c4ccc(-c5cc(C(C)(C)C)ncn5)cc4)c3)cc2)ncn1. The van der Waals surface area contributed by atoms with Gasteiger partial charge in [-0.15, -0.1) is 0 Å². The normalized spacial score (nSPS) is 15.1. The largest absolute Gasteiger partial charge is 0.494 e. The molecule has 0 atom stereocenters. The zero-order valence-electron chi connectivity index (χ0n) is 36.0. The predicted molar refractivity (Wildman–Crippen MR) is 243 cm³/mol. The number of rotatable bonds is 7. The van der Waals surface area contributed by atoms with Crippen LogP contribution in [0.15, 0.2) is 140 Å². The maximum Gasteiger partial charge on any atom is 0.494 e. The summed E-state index contributed by atoms with van der Waals surface area (Å²) < 4.78 is 13.4. The zero-order chi connectivity index (χ0) is 41.7. The van der Waals surface area contributed by atoms with Crippen LogP contribution in [0.1, 0.15) is 80.6 Å². The molecule has 7 aromatic rings. The van der Waals surface area contributed by atoms with Gasteiger partial charge in [0.15, 0.2) is 0 Å². The first-order valence-corrected chi connectivity index (χ1v) is 20.5. The summed E-state index contributed by atoms with van der Waals surface area (Å²) in [4.78, 5) is 18.3. The van der Waals surface area contributed by atoms with Crippen molar-refractivity contribution in [3.05, 3.63) is 151 Å². The Morgan fingerprint density at radius 2 is 0.746 bits per heavy atom. The third-order valence-electron chi connectivity index (χ3n) is 11.8. The van der Waals surface area contributed by atoms with E-state index in [9.17, 15) is 0 Å². The van der Waals surface area contributed by atoms with Crippen LogP contribution in [0.3, 0.4) is 0 Å². The molecular weight excluding hydrogens is 723 g/mol. The fraction of sp³-hybridized carbons (Fsp3) is 0.269. The van der Waals surface area contributed by atoms with E-state index in [-0.39, 0.29) is 10.8 Å². The van der Waals surface area contributed by atoms with Crippen LogP contribution < -0.4 is 5.46 Å². The van der Waals surface area contributed by atoms with E-state index < -0.39 is 18.3 Å². The molecule has 0 radical (unpaired) electrons. The van der Waals surface area contributed by atoms with Gasteiger partial charge in [0.1, 0.15) is 12.7 Å². The molecular formula is C52H53BN4O2. The molecule has 0 unspecified atom stereocenters. The van der Waals surface area contributed by atoms with Crippen LogP contribution in [0.2, 0.25) is 0 Å². The summed E-state index contributed by atoms with van der Waals surface area (Å²) in [5.74, 6) is 0. The van der Waals surface area contributed by atoms with E-state index in [2.05, 4.69) is 217 Å². The quantitative estimate of drug-likeness (QED) is 0.150. The van der Waals surface area contributed by atoms with Gasteiger partial charge in [0.2, 0.25) is 0 Å². The van der Waals surface area contributed by atoms with Crippen molar-refractivity contribution in [1.29, 1.82) is 0 Å². The van der Waals surface area contributed by atoms with Crippen molar-refractivity contribution in [1.82, 2.24) is 19.9 Å². The van der Waals surface area contributed by atoms with Gasteiger partial charge in [-0.05, 0) is 95.9 Å². The molecule has 59 heavy (non-hydrogen) atoms. The van der Waals surface area contributed by atoms with Gasteiger partial charge in [0.05, 0.1) is 22.6 Å². The molecule has 1 aliphatic rings. The molecule has 296 valence electrons. The van der Waals surface area contributed by atoms with Gasteiger partial charge < -0.3 is 9.31 Å². The van der Waals surface area contributed by atoms with Crippen LogP contribution in [0.4, 0.5) is 0 Å². The minimum atomic E-state index is -0.534. The van der Waals surface area contributed by atoms with E-state index in [1.165, 1.54) is 0 Å². The Morgan fingerprint density at radius 3 is 1.10 bits per heavy atom. The lowest BCUT2D eigenvalue weighted by Gasteiger charge is -2.32. The molecule has 0 amide bonds. The molecule has 0 saturated carbocycles. The van der Waals surface area contributed by atoms with E-state index in [1.807, 2.05) is 0 Å². The van der Waals surface area contributed by atoms with Gasteiger partial charge in [-0.1, -0.05) is 151 Å². The van der Waals surface area contributed by atoms with E-state index in [0.717, 1.165) is 83.9 Å². The number of hydrogen-bond acceptors (Lipinski definition) is 6. The van der Waals surface area contributed by atoms with Crippen molar-refractivity contribution in [2.24, 2.45) is 0 Å². The Balaban J connectivity index is 1.21. The van der Waals surface area contributed by atoms with Crippen LogP contribution in [0.25, 0.3) is 67.0 Å². The fourth-order valence-electron chi connectivity index (χ4n) is 7.54. The molecule has 0 bridgehead atoms. The third kappa shape index (κ3) is 8.15. The molecule has 2 aromatic heterocycles. The first-order valence-electron chi connectivity index (χ1n) is 20.5. The summed E-state index contributed by atoms with van der Waals surface area (Å²) >= 11 is 0. The summed E-state index contributed by atoms with van der Waals surface area (Å²) in [5.41, 5.74) is 14.8. The lowest BCUT2D eigenvalue weighted by atomic mass is 9.75. The smallest absolute Gasteiger partial charge is 0.399 e. The molecule has 7 heteroatoms. The Bertz CT molecular complexity index is 2460. The summed E-state index contributed by atoms with van der Waals surface area (Å²) in [6, 6.07) is 45.6. The monoisotopic (exact) mass is 776 g/mol. The summed E-state index contributed by atoms with van der Waals surface area (Å²) in [6.07, 6.45) is 3.33. The lowest BCUT2D eigenvalue weighted by Crippen LogP contribution is -2.41. The molecule has 1 saturated heterocycles. The highest BCUT2D eigenvalue weighted by molar-refractivity contribution is 6.62. The summed E-state index contributed by atoms with van der Waals surface area (Å²) in [6.45, 7) is 21.5. The summed E-state index contributed by atoms with van der Waals surface area (Å²) in [7, 11) is -0.534. The fourth-order valence-corrected chi connectivity index (χ4v) is 7.54. The zero-order valence-corrected chi connectivity index (χ0v) is 36.0. The van der Waals surface area contributed by atoms with E-state index in [1.54, 1.807) is 12.7 Å². The van der Waals surface area contributed by atoms with Crippen LogP contribution in [-0.2, 0) is 20.1 Å². The Hall–Kier alpha value is -5.76. The lowest BCUT2D eigenvalue weighted by molar-refractivity contribution is 0.00578. The third-order valence-corrected chi connectivity index (χ3v) is 11.8. The maximum atomic E-state index is 6.69. The number of hydrogen-bond donors (Lipinski definition) is 0. The predicted octanol–water partition coefficient (Wildman–Crippen LogP) is 12.2. The highest BCUT2D eigenvalue weighted by atomic mass is 16.7. The summed E-state index contributed by atoms with van der Waals surface area (Å²) in [5, 5.41) is 0. The minimum absolute atomic E-state index is 0.0654. The van der Waals surface area contributed by atoms with Crippen LogP contribution in [-0.4, -0.2) is 38.3 Å². The molecule has 0 aliphatic carbocycles. The first kappa shape index (κ1) is 40.0. The highest BCUT2D eigenvalue weighted by Gasteiger charge is 2.51. The topological polar surface area (TPSA) is 70.0 Å². The molecule has 1 aliphatic heterocycles. The van der Waals surface area contributed by atoms with Gasteiger partial charge in [-0.2, -0.15) is 0 Å². The maximum absolute atomic E-state index is 6.69. The van der Waals surface area contributed by atoms with Crippen molar-refractivity contribution < 1.29 is 9.31 Å². The van der Waals surface area contributed by atoms with E-state index in [0.29, 0.717) is 0 Å². The Kier molecular flexibility index (Phi) is 10.3. The van der Waals surface area contributed by atoms with Gasteiger partial charge >= 0.3 is 7.12 Å². The second-order valence-electron chi connectivity index (χ2n) is 18.8. The molecule has 5 aromatic carbocycles. The number of aromatic nitrogens is 4. The average molecular weight is 777 g/mol.